The van der Waals surface area contributed by atoms with Crippen LogP contribution in [0, 0.1) is 5.92 Å². The van der Waals surface area contributed by atoms with E-state index in [1.165, 1.54) is 11.3 Å². The van der Waals surface area contributed by atoms with Gasteiger partial charge in [-0.1, -0.05) is 6.07 Å². The fraction of sp³-hybridized carbons (Fsp3) is 0.500. The van der Waals surface area contributed by atoms with Gasteiger partial charge in [0.15, 0.2) is 5.78 Å². The van der Waals surface area contributed by atoms with E-state index in [-0.39, 0.29) is 11.7 Å². The number of thiophene rings is 1. The molecule has 14 heavy (non-hydrogen) atoms. The van der Waals surface area contributed by atoms with E-state index in [0.717, 1.165) is 11.3 Å². The number of hydrogen-bond acceptors (Lipinski definition) is 4. The minimum Gasteiger partial charge on any atom is -0.381 e. The van der Waals surface area contributed by atoms with Gasteiger partial charge in [-0.05, 0) is 17.9 Å². The van der Waals surface area contributed by atoms with Gasteiger partial charge >= 0.3 is 0 Å². The smallest absolute Gasteiger partial charge is 0.160 e. The highest BCUT2D eigenvalue weighted by molar-refractivity contribution is 7.10. The minimum absolute atomic E-state index is 0.00657. The molecular formula is C10H13NO2S. The third kappa shape index (κ3) is 1.87. The lowest BCUT2D eigenvalue weighted by Crippen LogP contribution is -2.27. The molecule has 0 radical (unpaired) electrons. The molecule has 3 nitrogen and oxygen atoms in total. The zero-order valence-electron chi connectivity index (χ0n) is 7.81. The zero-order chi connectivity index (χ0) is 9.97. The van der Waals surface area contributed by atoms with Crippen molar-refractivity contribution in [2.45, 2.75) is 12.5 Å². The zero-order valence-corrected chi connectivity index (χ0v) is 8.63. The molecule has 1 fully saturated rings. The number of Topliss-reactive ketones (excluding diaryl/α,β-unsaturated/α-hetero) is 1. The quantitative estimate of drug-likeness (QED) is 0.821. The van der Waals surface area contributed by atoms with Crippen LogP contribution >= 0.6 is 11.3 Å². The van der Waals surface area contributed by atoms with Gasteiger partial charge < -0.3 is 10.5 Å². The van der Waals surface area contributed by atoms with Crippen LogP contribution in [-0.4, -0.2) is 19.0 Å². The van der Waals surface area contributed by atoms with Crippen LogP contribution in [0.2, 0.25) is 0 Å². The molecule has 0 aliphatic carbocycles. The highest BCUT2D eigenvalue weighted by Gasteiger charge is 2.28. The van der Waals surface area contributed by atoms with Crippen LogP contribution in [0.5, 0.6) is 0 Å². The summed E-state index contributed by atoms with van der Waals surface area (Å²) < 4.78 is 5.17. The maximum absolute atomic E-state index is 11.8. The molecule has 2 unspecified atom stereocenters. The first-order valence-electron chi connectivity index (χ1n) is 4.69. The first-order chi connectivity index (χ1) is 6.79. The van der Waals surface area contributed by atoms with E-state index in [0.29, 0.717) is 13.2 Å². The number of hydrogen-bond donors (Lipinski definition) is 1. The molecule has 0 spiro atoms. The second-order valence-electron chi connectivity index (χ2n) is 3.46. The molecule has 2 atom stereocenters. The van der Waals surface area contributed by atoms with E-state index in [2.05, 4.69) is 0 Å². The summed E-state index contributed by atoms with van der Waals surface area (Å²) in [5.41, 5.74) is 5.87. The van der Waals surface area contributed by atoms with Crippen LogP contribution in [0.15, 0.2) is 17.5 Å². The van der Waals surface area contributed by atoms with E-state index in [9.17, 15) is 4.79 Å². The van der Waals surface area contributed by atoms with Crippen LogP contribution in [0.1, 0.15) is 17.3 Å². The first kappa shape index (κ1) is 9.83. The fourth-order valence-electron chi connectivity index (χ4n) is 1.62. The Kier molecular flexibility index (Phi) is 2.96. The second-order valence-corrected chi connectivity index (χ2v) is 4.44. The molecule has 0 amide bonds. The van der Waals surface area contributed by atoms with E-state index in [1.54, 1.807) is 0 Å². The van der Waals surface area contributed by atoms with E-state index in [4.69, 9.17) is 10.5 Å². The van der Waals surface area contributed by atoms with Crippen LogP contribution in [-0.2, 0) is 9.53 Å². The monoisotopic (exact) mass is 211 g/mol. The third-order valence-corrected chi connectivity index (χ3v) is 3.44. The lowest BCUT2D eigenvalue weighted by atomic mass is 9.97. The van der Waals surface area contributed by atoms with Gasteiger partial charge in [0.2, 0.25) is 0 Å². The lowest BCUT2D eigenvalue weighted by Gasteiger charge is -2.12. The maximum Gasteiger partial charge on any atom is 0.160 e. The van der Waals surface area contributed by atoms with Gasteiger partial charge in [-0.2, -0.15) is 0 Å². The Labute approximate surface area is 86.9 Å². The van der Waals surface area contributed by atoms with Gasteiger partial charge in [0, 0.05) is 17.4 Å². The highest BCUT2D eigenvalue weighted by Crippen LogP contribution is 2.24. The van der Waals surface area contributed by atoms with Gasteiger partial charge in [0.25, 0.3) is 0 Å². The van der Waals surface area contributed by atoms with Crippen molar-refractivity contribution >= 4 is 17.1 Å². The molecule has 0 bridgehead atoms. The molecule has 4 heteroatoms. The molecule has 0 saturated carbocycles. The summed E-state index contributed by atoms with van der Waals surface area (Å²) in [7, 11) is 0. The third-order valence-electron chi connectivity index (χ3n) is 2.49. The predicted molar refractivity (Wildman–Crippen MR) is 55.2 cm³/mol. The Morgan fingerprint density at radius 1 is 1.71 bits per heavy atom. The normalized spacial score (nSPS) is 23.6. The highest BCUT2D eigenvalue weighted by atomic mass is 32.1. The number of ketones is 1. The average molecular weight is 211 g/mol. The molecule has 1 saturated heterocycles. The summed E-state index contributed by atoms with van der Waals surface area (Å²) in [5.74, 6) is 0.122. The number of carbonyl (C=O) groups is 1. The average Bonchev–Trinajstić information content (AvgIpc) is 2.87. The molecule has 2 rings (SSSR count). The Morgan fingerprint density at radius 3 is 3.14 bits per heavy atom. The van der Waals surface area contributed by atoms with Crippen molar-refractivity contribution in [3.05, 3.63) is 22.4 Å². The number of ether oxygens (including phenoxy) is 1. The summed E-state index contributed by atoms with van der Waals surface area (Å²) >= 11 is 1.53. The maximum atomic E-state index is 11.8. The van der Waals surface area contributed by atoms with Gasteiger partial charge in [-0.15, -0.1) is 11.3 Å². The van der Waals surface area contributed by atoms with Crippen molar-refractivity contribution in [1.29, 1.82) is 0 Å². The molecule has 1 aliphatic rings. The van der Waals surface area contributed by atoms with Crippen molar-refractivity contribution in [3.63, 3.8) is 0 Å². The summed E-state index contributed by atoms with van der Waals surface area (Å²) in [6.07, 6.45) is 0.817. The molecule has 0 aromatic carbocycles. The van der Waals surface area contributed by atoms with Gasteiger partial charge in [0.05, 0.1) is 12.6 Å². The summed E-state index contributed by atoms with van der Waals surface area (Å²) in [5, 5.41) is 1.94. The lowest BCUT2D eigenvalue weighted by molar-refractivity contribution is -0.124. The molecule has 2 N–H and O–H groups in total. The van der Waals surface area contributed by atoms with Gasteiger partial charge in [-0.25, -0.2) is 0 Å². The van der Waals surface area contributed by atoms with Crippen molar-refractivity contribution in [2.75, 3.05) is 13.2 Å². The summed E-state index contributed by atoms with van der Waals surface area (Å²) in [6.45, 7) is 1.23. The standard InChI is InChI=1S/C10H13NO2S/c11-9(8-2-1-5-14-8)10(12)7-3-4-13-6-7/h1-2,5,7,9H,3-4,6,11H2. The summed E-state index contributed by atoms with van der Waals surface area (Å²) in [6, 6.07) is 3.36. The molecule has 76 valence electrons. The van der Waals surface area contributed by atoms with Crippen molar-refractivity contribution in [1.82, 2.24) is 0 Å². The van der Waals surface area contributed by atoms with Crippen LogP contribution in [0.4, 0.5) is 0 Å². The Bertz CT molecular complexity index is 304. The first-order valence-corrected chi connectivity index (χ1v) is 5.57. The van der Waals surface area contributed by atoms with Crippen LogP contribution < -0.4 is 5.73 Å². The van der Waals surface area contributed by atoms with E-state index in [1.807, 2.05) is 17.5 Å². The van der Waals surface area contributed by atoms with Crippen molar-refractivity contribution < 1.29 is 9.53 Å². The van der Waals surface area contributed by atoms with Crippen LogP contribution in [0.3, 0.4) is 0 Å². The predicted octanol–water partition coefficient (Wildman–Crippen LogP) is 1.35. The molecular weight excluding hydrogens is 198 g/mol. The van der Waals surface area contributed by atoms with Crippen molar-refractivity contribution in [2.24, 2.45) is 11.7 Å². The second kappa shape index (κ2) is 4.21. The molecule has 1 aliphatic heterocycles. The van der Waals surface area contributed by atoms with Gasteiger partial charge in [0.1, 0.15) is 0 Å². The van der Waals surface area contributed by atoms with E-state index < -0.39 is 6.04 Å². The summed E-state index contributed by atoms with van der Waals surface area (Å²) in [4.78, 5) is 12.8. The van der Waals surface area contributed by atoms with Crippen molar-refractivity contribution in [3.8, 4) is 0 Å². The largest absolute Gasteiger partial charge is 0.381 e. The molecule has 1 aromatic rings. The Hall–Kier alpha value is -0.710. The topological polar surface area (TPSA) is 52.3 Å². The number of nitrogens with two attached hydrogens (primary N) is 1. The van der Waals surface area contributed by atoms with Crippen LogP contribution in [0.25, 0.3) is 0 Å². The fourth-order valence-corrected chi connectivity index (χ4v) is 2.36. The molecule has 2 heterocycles. The van der Waals surface area contributed by atoms with Gasteiger partial charge in [-0.3, -0.25) is 4.79 Å². The number of rotatable bonds is 3. The Balaban J connectivity index is 2.04. The van der Waals surface area contributed by atoms with E-state index >= 15 is 0 Å². The molecule has 1 aromatic heterocycles. The SMILES string of the molecule is NC(C(=O)C1CCOC1)c1cccs1. The minimum atomic E-state index is -0.457. The number of carbonyl (C=O) groups excluding carboxylic acids is 1. The Morgan fingerprint density at radius 2 is 2.57 bits per heavy atom.